The fourth-order valence-electron chi connectivity index (χ4n) is 2.72. The van der Waals surface area contributed by atoms with Crippen LogP contribution in [-0.2, 0) is 13.6 Å². The van der Waals surface area contributed by atoms with Gasteiger partial charge in [-0.2, -0.15) is 10.2 Å². The molecule has 0 spiro atoms. The van der Waals surface area contributed by atoms with E-state index < -0.39 is 0 Å². The lowest BCUT2D eigenvalue weighted by atomic mass is 10.0. The summed E-state index contributed by atoms with van der Waals surface area (Å²) in [6.07, 6.45) is 2.72. The molecule has 0 fully saturated rings. The standard InChI is InChI=1S/C14H24N6O/c1-6-7-20-14(11(21-5)8-16-20)13(17-15)12-9(2)18-19(4)10(12)3/h8,13,17H,6-7,15H2,1-5H3. The van der Waals surface area contributed by atoms with Crippen molar-refractivity contribution in [2.75, 3.05) is 7.11 Å². The van der Waals surface area contributed by atoms with Crippen LogP contribution in [0.4, 0.5) is 0 Å². The van der Waals surface area contributed by atoms with Crippen molar-refractivity contribution >= 4 is 0 Å². The van der Waals surface area contributed by atoms with E-state index >= 15 is 0 Å². The summed E-state index contributed by atoms with van der Waals surface area (Å²) in [5.74, 6) is 6.58. The third-order valence-electron chi connectivity index (χ3n) is 3.79. The fourth-order valence-corrected chi connectivity index (χ4v) is 2.72. The second-order valence-electron chi connectivity index (χ2n) is 5.13. The molecule has 0 aliphatic heterocycles. The molecule has 2 rings (SSSR count). The SMILES string of the molecule is CCCn1ncc(OC)c1C(NN)c1c(C)nn(C)c1C. The second-order valence-corrected chi connectivity index (χ2v) is 5.13. The average Bonchev–Trinajstić information content (AvgIpc) is 2.96. The van der Waals surface area contributed by atoms with Gasteiger partial charge in [0.2, 0.25) is 0 Å². The number of aryl methyl sites for hydroxylation is 3. The van der Waals surface area contributed by atoms with Crippen LogP contribution in [0.1, 0.15) is 42.0 Å². The minimum Gasteiger partial charge on any atom is -0.493 e. The molecular weight excluding hydrogens is 268 g/mol. The van der Waals surface area contributed by atoms with Crippen LogP contribution in [0.3, 0.4) is 0 Å². The molecule has 0 saturated heterocycles. The van der Waals surface area contributed by atoms with Crippen molar-refractivity contribution in [3.8, 4) is 5.75 Å². The molecule has 0 saturated carbocycles. The van der Waals surface area contributed by atoms with Crippen LogP contribution >= 0.6 is 0 Å². The van der Waals surface area contributed by atoms with E-state index in [1.807, 2.05) is 30.3 Å². The monoisotopic (exact) mass is 292 g/mol. The predicted octanol–water partition coefficient (Wildman–Crippen LogP) is 1.20. The minimum atomic E-state index is -0.206. The molecule has 3 N–H and O–H groups in total. The van der Waals surface area contributed by atoms with Gasteiger partial charge in [0.1, 0.15) is 5.69 Å². The van der Waals surface area contributed by atoms with Crippen molar-refractivity contribution in [1.29, 1.82) is 0 Å². The average molecular weight is 292 g/mol. The Hall–Kier alpha value is -1.86. The molecule has 7 nitrogen and oxygen atoms in total. The summed E-state index contributed by atoms with van der Waals surface area (Å²) in [7, 11) is 3.58. The van der Waals surface area contributed by atoms with Gasteiger partial charge in [-0.15, -0.1) is 0 Å². The van der Waals surface area contributed by atoms with Crippen LogP contribution in [0.2, 0.25) is 0 Å². The Morgan fingerprint density at radius 2 is 2.14 bits per heavy atom. The molecule has 2 aromatic rings. The summed E-state index contributed by atoms with van der Waals surface area (Å²) in [5.41, 5.74) is 6.91. The van der Waals surface area contributed by atoms with E-state index in [1.54, 1.807) is 13.3 Å². The molecule has 2 heterocycles. The van der Waals surface area contributed by atoms with Gasteiger partial charge in [-0.1, -0.05) is 6.92 Å². The summed E-state index contributed by atoms with van der Waals surface area (Å²) >= 11 is 0. The van der Waals surface area contributed by atoms with Crippen molar-refractivity contribution in [2.45, 2.75) is 39.8 Å². The van der Waals surface area contributed by atoms with Crippen molar-refractivity contribution in [3.63, 3.8) is 0 Å². The number of nitrogens with two attached hydrogens (primary N) is 1. The highest BCUT2D eigenvalue weighted by Crippen LogP contribution is 2.32. The minimum absolute atomic E-state index is 0.206. The molecule has 0 aliphatic rings. The summed E-state index contributed by atoms with van der Waals surface area (Å²) in [4.78, 5) is 0. The zero-order valence-corrected chi connectivity index (χ0v) is 13.3. The zero-order valence-electron chi connectivity index (χ0n) is 13.3. The second kappa shape index (κ2) is 6.28. The maximum atomic E-state index is 5.85. The van der Waals surface area contributed by atoms with E-state index in [-0.39, 0.29) is 6.04 Å². The van der Waals surface area contributed by atoms with Gasteiger partial charge in [-0.3, -0.25) is 15.2 Å². The van der Waals surface area contributed by atoms with Crippen LogP contribution in [0.15, 0.2) is 6.20 Å². The smallest absolute Gasteiger partial charge is 0.161 e. The summed E-state index contributed by atoms with van der Waals surface area (Å²) in [5, 5.41) is 8.88. The van der Waals surface area contributed by atoms with E-state index in [2.05, 4.69) is 22.5 Å². The summed E-state index contributed by atoms with van der Waals surface area (Å²) in [6, 6.07) is -0.206. The number of hydrogen-bond donors (Lipinski definition) is 2. The summed E-state index contributed by atoms with van der Waals surface area (Å²) in [6.45, 7) is 6.95. The third kappa shape index (κ3) is 2.66. The molecule has 1 unspecified atom stereocenters. The van der Waals surface area contributed by atoms with Gasteiger partial charge in [0.25, 0.3) is 0 Å². The van der Waals surface area contributed by atoms with Crippen molar-refractivity contribution < 1.29 is 4.74 Å². The van der Waals surface area contributed by atoms with Gasteiger partial charge in [-0.05, 0) is 20.3 Å². The van der Waals surface area contributed by atoms with Crippen molar-refractivity contribution in [2.24, 2.45) is 12.9 Å². The Labute approximate surface area is 125 Å². The van der Waals surface area contributed by atoms with Crippen LogP contribution in [0.25, 0.3) is 0 Å². The zero-order chi connectivity index (χ0) is 15.6. The molecule has 0 amide bonds. The molecule has 0 bridgehead atoms. The Morgan fingerprint density at radius 1 is 1.43 bits per heavy atom. The largest absolute Gasteiger partial charge is 0.493 e. The molecule has 7 heteroatoms. The molecule has 116 valence electrons. The number of methoxy groups -OCH3 is 1. The maximum Gasteiger partial charge on any atom is 0.161 e. The summed E-state index contributed by atoms with van der Waals surface area (Å²) < 4.78 is 9.26. The molecule has 21 heavy (non-hydrogen) atoms. The van der Waals surface area contributed by atoms with Gasteiger partial charge < -0.3 is 4.74 Å². The predicted molar refractivity (Wildman–Crippen MR) is 80.9 cm³/mol. The Kier molecular flexibility index (Phi) is 4.64. The van der Waals surface area contributed by atoms with E-state index in [0.29, 0.717) is 0 Å². The first kappa shape index (κ1) is 15.5. The number of nitrogens with zero attached hydrogens (tertiary/aromatic N) is 4. The van der Waals surface area contributed by atoms with Crippen molar-refractivity contribution in [3.05, 3.63) is 28.8 Å². The number of hydrogen-bond acceptors (Lipinski definition) is 5. The molecule has 0 radical (unpaired) electrons. The highest BCUT2D eigenvalue weighted by atomic mass is 16.5. The Bertz CT molecular complexity index is 615. The van der Waals surface area contributed by atoms with Crippen LogP contribution in [0, 0.1) is 13.8 Å². The number of rotatable bonds is 6. The number of nitrogens with one attached hydrogen (secondary N) is 1. The number of ether oxygens (including phenoxy) is 1. The highest BCUT2D eigenvalue weighted by Gasteiger charge is 2.27. The van der Waals surface area contributed by atoms with Crippen LogP contribution < -0.4 is 16.0 Å². The number of hydrazine groups is 1. The molecular formula is C14H24N6O. The van der Waals surface area contributed by atoms with E-state index in [9.17, 15) is 0 Å². The molecule has 1 atom stereocenters. The normalized spacial score (nSPS) is 12.7. The van der Waals surface area contributed by atoms with Gasteiger partial charge in [0.15, 0.2) is 5.75 Å². The lowest BCUT2D eigenvalue weighted by molar-refractivity contribution is 0.398. The van der Waals surface area contributed by atoms with Crippen LogP contribution in [0.5, 0.6) is 5.75 Å². The van der Waals surface area contributed by atoms with Gasteiger partial charge in [0, 0.05) is 24.8 Å². The highest BCUT2D eigenvalue weighted by molar-refractivity contribution is 5.40. The van der Waals surface area contributed by atoms with E-state index in [1.165, 1.54) is 0 Å². The molecule has 2 aromatic heterocycles. The molecule has 0 aliphatic carbocycles. The first-order chi connectivity index (χ1) is 10.0. The quantitative estimate of drug-likeness (QED) is 0.617. The fraction of sp³-hybridized carbons (Fsp3) is 0.571. The number of aromatic nitrogens is 4. The Morgan fingerprint density at radius 3 is 2.62 bits per heavy atom. The van der Waals surface area contributed by atoms with Gasteiger partial charge in [0.05, 0.1) is 25.0 Å². The lowest BCUT2D eigenvalue weighted by Gasteiger charge is -2.19. The molecule has 0 aromatic carbocycles. The van der Waals surface area contributed by atoms with E-state index in [4.69, 9.17) is 10.6 Å². The first-order valence-electron chi connectivity index (χ1n) is 7.11. The topological polar surface area (TPSA) is 82.9 Å². The van der Waals surface area contributed by atoms with Crippen molar-refractivity contribution in [1.82, 2.24) is 25.0 Å². The van der Waals surface area contributed by atoms with Gasteiger partial charge in [-0.25, -0.2) is 5.43 Å². The third-order valence-corrected chi connectivity index (χ3v) is 3.79. The van der Waals surface area contributed by atoms with Gasteiger partial charge >= 0.3 is 0 Å². The van der Waals surface area contributed by atoms with E-state index in [0.717, 1.165) is 41.4 Å². The lowest BCUT2D eigenvalue weighted by Crippen LogP contribution is -2.32. The van der Waals surface area contributed by atoms with Crippen LogP contribution in [-0.4, -0.2) is 26.7 Å². The maximum absolute atomic E-state index is 5.85. The Balaban J connectivity index is 2.58. The first-order valence-corrected chi connectivity index (χ1v) is 7.11.